The van der Waals surface area contributed by atoms with E-state index in [1.165, 1.54) is 6.42 Å². The molecule has 0 heterocycles. The van der Waals surface area contributed by atoms with Crippen LogP contribution in [-0.4, -0.2) is 22.5 Å². The van der Waals surface area contributed by atoms with Crippen LogP contribution in [0.4, 0.5) is 0 Å². The molecule has 0 aliphatic rings. The van der Waals surface area contributed by atoms with E-state index in [2.05, 4.69) is 41.2 Å². The van der Waals surface area contributed by atoms with E-state index in [4.69, 9.17) is 5.11 Å². The molecule has 0 saturated carbocycles. The molecule has 0 spiro atoms. The molecule has 0 aromatic heterocycles. The summed E-state index contributed by atoms with van der Waals surface area (Å²) in [5.41, 5.74) is -0.805. The summed E-state index contributed by atoms with van der Waals surface area (Å²) in [6, 6.07) is 0. The first-order valence-electron chi connectivity index (χ1n) is 8.32. The number of aliphatic carboxylic acids is 1. The minimum Gasteiger partial charge on any atom is -0.481 e. The minimum atomic E-state index is -0.922. The van der Waals surface area contributed by atoms with Crippen molar-refractivity contribution >= 4 is 5.97 Å². The number of nitro groups is 1. The lowest BCUT2D eigenvalue weighted by molar-refractivity contribution is -0.496. The number of nitrogens with zero attached hydrogens (tertiary/aromatic N) is 1. The number of carboxylic acids is 1. The van der Waals surface area contributed by atoms with Gasteiger partial charge < -0.3 is 5.11 Å². The molecule has 0 amide bonds. The zero-order valence-electron chi connectivity index (χ0n) is 17.0. The van der Waals surface area contributed by atoms with Gasteiger partial charge in [0.05, 0.1) is 5.41 Å². The topological polar surface area (TPSA) is 80.4 Å². The van der Waals surface area contributed by atoms with Crippen molar-refractivity contribution in [1.82, 2.24) is 0 Å². The van der Waals surface area contributed by atoms with Gasteiger partial charge in [0, 0.05) is 10.3 Å². The van der Waals surface area contributed by atoms with Crippen molar-refractivity contribution in [3.8, 4) is 0 Å². The number of hydrogen-bond acceptors (Lipinski definition) is 3. The van der Waals surface area contributed by atoms with Crippen molar-refractivity contribution in [3.05, 3.63) is 22.8 Å². The van der Waals surface area contributed by atoms with Crippen LogP contribution in [0.2, 0.25) is 0 Å². The maximum Gasteiger partial charge on any atom is 0.309 e. The van der Waals surface area contributed by atoms with E-state index < -0.39 is 21.7 Å². The van der Waals surface area contributed by atoms with Crippen molar-refractivity contribution in [2.24, 2.45) is 21.7 Å². The Morgan fingerprint density at radius 2 is 1.46 bits per heavy atom. The lowest BCUT2D eigenvalue weighted by Gasteiger charge is -2.29. The zero-order chi connectivity index (χ0) is 20.0. The van der Waals surface area contributed by atoms with Gasteiger partial charge in [-0.2, -0.15) is 0 Å². The SMILES string of the molecule is C=CC(C)(C)CC(C)(C)C.CC(C)(C[N+](=O)[O-])CC(C)(C)C(=O)O. The molecule has 0 aromatic carbocycles. The van der Waals surface area contributed by atoms with Crippen LogP contribution in [0.5, 0.6) is 0 Å². The second-order valence-electron chi connectivity index (χ2n) is 9.95. The lowest BCUT2D eigenvalue weighted by atomic mass is 9.75. The molecular weight excluding hydrogens is 306 g/mol. The summed E-state index contributed by atoms with van der Waals surface area (Å²) in [5.74, 6) is -0.922. The minimum absolute atomic E-state index is 0.205. The predicted molar refractivity (Wildman–Crippen MR) is 99.7 cm³/mol. The van der Waals surface area contributed by atoms with Gasteiger partial charge in [0.15, 0.2) is 0 Å². The van der Waals surface area contributed by atoms with Gasteiger partial charge in [-0.15, -0.1) is 6.58 Å². The summed E-state index contributed by atoms with van der Waals surface area (Å²) in [7, 11) is 0. The van der Waals surface area contributed by atoms with Crippen molar-refractivity contribution in [2.75, 3.05) is 6.54 Å². The number of carbonyl (C=O) groups is 1. The first-order chi connectivity index (χ1) is 10.3. The standard InChI is InChI=1S/C10H20.C9H17NO4/c1-7-10(5,6)8-9(2,3)4;1-8(2,6-10(13)14)5-9(3,4)7(11)12/h7H,1,8H2,2-6H3;5-6H2,1-4H3,(H,11,12). The highest BCUT2D eigenvalue weighted by Crippen LogP contribution is 2.34. The third-order valence-corrected chi connectivity index (χ3v) is 3.60. The third kappa shape index (κ3) is 13.1. The summed E-state index contributed by atoms with van der Waals surface area (Å²) in [6.45, 7) is 21.4. The number of rotatable bonds is 7. The van der Waals surface area contributed by atoms with Crippen LogP contribution in [-0.2, 0) is 4.79 Å². The maximum absolute atomic E-state index is 10.8. The molecule has 0 fully saturated rings. The van der Waals surface area contributed by atoms with E-state index in [9.17, 15) is 14.9 Å². The van der Waals surface area contributed by atoms with Gasteiger partial charge in [0.2, 0.25) is 6.54 Å². The van der Waals surface area contributed by atoms with Gasteiger partial charge in [0.25, 0.3) is 0 Å². The van der Waals surface area contributed by atoms with Crippen molar-refractivity contribution in [3.63, 3.8) is 0 Å². The van der Waals surface area contributed by atoms with Crippen molar-refractivity contribution in [2.45, 2.75) is 75.2 Å². The molecule has 24 heavy (non-hydrogen) atoms. The number of allylic oxidation sites excluding steroid dienone is 1. The fourth-order valence-electron chi connectivity index (χ4n) is 3.12. The maximum atomic E-state index is 10.8. The normalized spacial score (nSPS) is 12.9. The van der Waals surface area contributed by atoms with Crippen LogP contribution in [0, 0.1) is 31.8 Å². The quantitative estimate of drug-likeness (QED) is 0.380. The van der Waals surface area contributed by atoms with Gasteiger partial charge in [-0.3, -0.25) is 14.9 Å². The van der Waals surface area contributed by atoms with Crippen molar-refractivity contribution in [1.29, 1.82) is 0 Å². The van der Waals surface area contributed by atoms with Gasteiger partial charge >= 0.3 is 5.97 Å². The van der Waals surface area contributed by atoms with E-state index in [1.807, 2.05) is 6.08 Å². The summed E-state index contributed by atoms with van der Waals surface area (Å²) in [4.78, 5) is 20.7. The first-order valence-corrected chi connectivity index (χ1v) is 8.32. The van der Waals surface area contributed by atoms with E-state index in [0.29, 0.717) is 5.41 Å². The van der Waals surface area contributed by atoms with Crippen molar-refractivity contribution < 1.29 is 14.8 Å². The third-order valence-electron chi connectivity index (χ3n) is 3.60. The van der Waals surface area contributed by atoms with Gasteiger partial charge in [0.1, 0.15) is 0 Å². The molecule has 142 valence electrons. The summed E-state index contributed by atoms with van der Waals surface area (Å²) < 4.78 is 0. The Hall–Kier alpha value is -1.39. The highest BCUT2D eigenvalue weighted by molar-refractivity contribution is 5.73. The Balaban J connectivity index is 0. The van der Waals surface area contributed by atoms with Gasteiger partial charge in [-0.05, 0) is 37.5 Å². The molecule has 0 atom stereocenters. The lowest BCUT2D eigenvalue weighted by Crippen LogP contribution is -2.34. The van der Waals surface area contributed by atoms with E-state index in [1.54, 1.807) is 27.7 Å². The van der Waals surface area contributed by atoms with E-state index in [-0.39, 0.29) is 18.4 Å². The highest BCUT2D eigenvalue weighted by atomic mass is 16.6. The molecular formula is C19H37NO4. The second-order valence-corrected chi connectivity index (χ2v) is 9.95. The zero-order valence-corrected chi connectivity index (χ0v) is 17.0. The van der Waals surface area contributed by atoms with Gasteiger partial charge in [-0.1, -0.05) is 54.5 Å². The summed E-state index contributed by atoms with van der Waals surface area (Å²) >= 11 is 0. The Morgan fingerprint density at radius 3 is 1.67 bits per heavy atom. The molecule has 0 bridgehead atoms. The van der Waals surface area contributed by atoms with Crippen LogP contribution < -0.4 is 0 Å². The van der Waals surface area contributed by atoms with Crippen LogP contribution >= 0.6 is 0 Å². The molecule has 0 rings (SSSR count). The molecule has 0 unspecified atom stereocenters. The molecule has 0 radical (unpaired) electrons. The summed E-state index contributed by atoms with van der Waals surface area (Å²) in [6.07, 6.45) is 3.53. The average Bonchev–Trinajstić information content (AvgIpc) is 2.22. The van der Waals surface area contributed by atoms with E-state index >= 15 is 0 Å². The number of hydrogen-bond donors (Lipinski definition) is 1. The Labute approximate surface area is 147 Å². The smallest absolute Gasteiger partial charge is 0.309 e. The van der Waals surface area contributed by atoms with E-state index in [0.717, 1.165) is 0 Å². The predicted octanol–water partition coefficient (Wildman–Crippen LogP) is 5.43. The first kappa shape index (κ1) is 24.9. The fourth-order valence-corrected chi connectivity index (χ4v) is 3.12. The Kier molecular flexibility index (Phi) is 8.94. The van der Waals surface area contributed by atoms with Gasteiger partial charge in [-0.25, -0.2) is 0 Å². The van der Waals surface area contributed by atoms with Crippen LogP contribution in [0.15, 0.2) is 12.7 Å². The second kappa shape index (κ2) is 8.63. The average molecular weight is 344 g/mol. The molecule has 5 nitrogen and oxygen atoms in total. The monoisotopic (exact) mass is 343 g/mol. The molecule has 5 heteroatoms. The Morgan fingerprint density at radius 1 is 1.04 bits per heavy atom. The molecule has 0 saturated heterocycles. The largest absolute Gasteiger partial charge is 0.481 e. The molecule has 1 N–H and O–H groups in total. The number of carboxylic acid groups (broad SMARTS) is 1. The summed E-state index contributed by atoms with van der Waals surface area (Å²) in [5, 5.41) is 19.2. The van der Waals surface area contributed by atoms with Crippen LogP contribution in [0.1, 0.15) is 75.2 Å². The fraction of sp³-hybridized carbons (Fsp3) is 0.842. The molecule has 0 aliphatic carbocycles. The Bertz CT molecular complexity index is 443. The molecule has 0 aliphatic heterocycles. The van der Waals surface area contributed by atoms with Crippen LogP contribution in [0.3, 0.4) is 0 Å². The van der Waals surface area contributed by atoms with Crippen LogP contribution in [0.25, 0.3) is 0 Å². The highest BCUT2D eigenvalue weighted by Gasteiger charge is 2.37. The molecule has 0 aromatic rings.